The van der Waals surface area contributed by atoms with Crippen molar-refractivity contribution in [2.24, 2.45) is 0 Å². The molecule has 3 rings (SSSR count). The van der Waals surface area contributed by atoms with E-state index in [4.69, 9.17) is 30.2 Å². The van der Waals surface area contributed by atoms with Crippen LogP contribution in [0.25, 0.3) is 11.5 Å². The zero-order chi connectivity index (χ0) is 19.2. The van der Waals surface area contributed by atoms with E-state index in [1.807, 2.05) is 0 Å². The highest BCUT2D eigenvalue weighted by Crippen LogP contribution is 2.29. The summed E-state index contributed by atoms with van der Waals surface area (Å²) in [4.78, 5) is 12.0. The van der Waals surface area contributed by atoms with E-state index in [-0.39, 0.29) is 18.5 Å². The number of hydrogen-bond acceptors (Lipinski definition) is 7. The minimum Gasteiger partial charge on any atom is -0.497 e. The van der Waals surface area contributed by atoms with E-state index >= 15 is 0 Å². The van der Waals surface area contributed by atoms with Crippen molar-refractivity contribution in [3.63, 3.8) is 0 Å². The molecule has 2 aromatic carbocycles. The lowest BCUT2D eigenvalue weighted by Gasteiger charge is -2.06. The number of anilines is 1. The Labute approximate surface area is 160 Å². The van der Waals surface area contributed by atoms with E-state index in [1.165, 1.54) is 0 Å². The minimum absolute atomic E-state index is 0.0449. The number of amides is 1. The third-order valence-electron chi connectivity index (χ3n) is 3.45. The fourth-order valence-electron chi connectivity index (χ4n) is 2.16. The lowest BCUT2D eigenvalue weighted by molar-refractivity contribution is -0.118. The third-order valence-corrected chi connectivity index (χ3v) is 3.71. The third kappa shape index (κ3) is 4.89. The number of hydrogen-bond donors (Lipinski definition) is 1. The fourth-order valence-corrected chi connectivity index (χ4v) is 2.28. The Balaban J connectivity index is 1.63. The molecule has 1 amide bonds. The Morgan fingerprint density at radius 1 is 1.04 bits per heavy atom. The van der Waals surface area contributed by atoms with Gasteiger partial charge in [-0.1, -0.05) is 16.7 Å². The van der Waals surface area contributed by atoms with Crippen LogP contribution in [-0.4, -0.2) is 36.9 Å². The van der Waals surface area contributed by atoms with Gasteiger partial charge in [0.2, 0.25) is 5.89 Å². The van der Waals surface area contributed by atoms with Gasteiger partial charge in [0, 0.05) is 16.7 Å². The molecule has 0 fully saturated rings. The van der Waals surface area contributed by atoms with Crippen molar-refractivity contribution in [2.45, 2.75) is 0 Å². The zero-order valence-electron chi connectivity index (χ0n) is 14.6. The highest BCUT2D eigenvalue weighted by atomic mass is 35.5. The number of methoxy groups -OCH3 is 2. The van der Waals surface area contributed by atoms with E-state index in [0.29, 0.717) is 27.8 Å². The van der Waals surface area contributed by atoms with Crippen molar-refractivity contribution in [3.05, 3.63) is 47.5 Å². The summed E-state index contributed by atoms with van der Waals surface area (Å²) >= 11 is 5.79. The van der Waals surface area contributed by atoms with Crippen molar-refractivity contribution in [3.8, 4) is 28.7 Å². The van der Waals surface area contributed by atoms with Gasteiger partial charge in [0.1, 0.15) is 17.2 Å². The summed E-state index contributed by atoms with van der Waals surface area (Å²) in [7, 11) is 3.08. The predicted molar refractivity (Wildman–Crippen MR) is 98.4 cm³/mol. The lowest BCUT2D eigenvalue weighted by Crippen LogP contribution is -2.20. The second-order valence-corrected chi connectivity index (χ2v) is 5.74. The maximum atomic E-state index is 12.0. The summed E-state index contributed by atoms with van der Waals surface area (Å²) < 4.78 is 21.2. The van der Waals surface area contributed by atoms with Gasteiger partial charge in [-0.25, -0.2) is 0 Å². The molecule has 3 aromatic rings. The molecule has 0 spiro atoms. The number of nitrogens with zero attached hydrogens (tertiary/aromatic N) is 2. The molecular weight excluding hydrogens is 374 g/mol. The maximum Gasteiger partial charge on any atom is 0.322 e. The number of carbonyl (C=O) groups is 1. The molecule has 0 saturated heterocycles. The van der Waals surface area contributed by atoms with Crippen LogP contribution in [0.2, 0.25) is 5.02 Å². The van der Waals surface area contributed by atoms with Crippen LogP contribution in [0.1, 0.15) is 0 Å². The normalized spacial score (nSPS) is 10.3. The summed E-state index contributed by atoms with van der Waals surface area (Å²) in [6, 6.07) is 11.8. The molecule has 0 aliphatic rings. The summed E-state index contributed by atoms with van der Waals surface area (Å²) in [5.41, 5.74) is 0.594. The van der Waals surface area contributed by atoms with Crippen LogP contribution >= 0.6 is 11.6 Å². The molecule has 8 nitrogen and oxygen atoms in total. The quantitative estimate of drug-likeness (QED) is 0.661. The molecule has 1 heterocycles. The van der Waals surface area contributed by atoms with Crippen LogP contribution in [0.3, 0.4) is 0 Å². The second-order valence-electron chi connectivity index (χ2n) is 5.30. The van der Waals surface area contributed by atoms with Crippen molar-refractivity contribution in [1.29, 1.82) is 0 Å². The average molecular weight is 390 g/mol. The first-order chi connectivity index (χ1) is 13.1. The van der Waals surface area contributed by atoms with E-state index < -0.39 is 5.91 Å². The smallest absolute Gasteiger partial charge is 0.322 e. The van der Waals surface area contributed by atoms with Gasteiger partial charge < -0.3 is 18.6 Å². The molecule has 27 heavy (non-hydrogen) atoms. The van der Waals surface area contributed by atoms with Crippen LogP contribution in [-0.2, 0) is 4.79 Å². The standard InChI is InChI=1S/C18H16ClN3O5/c1-24-14-7-11(8-15(9-14)25-2)17-21-22-18(27-17)20-16(23)10-26-13-5-3-12(19)4-6-13/h3-9H,10H2,1-2H3,(H,20,22,23). The van der Waals surface area contributed by atoms with E-state index in [2.05, 4.69) is 15.5 Å². The van der Waals surface area contributed by atoms with Crippen molar-refractivity contribution in [1.82, 2.24) is 10.2 Å². The largest absolute Gasteiger partial charge is 0.497 e. The number of benzene rings is 2. The summed E-state index contributed by atoms with van der Waals surface area (Å²) in [6.07, 6.45) is 0. The summed E-state index contributed by atoms with van der Waals surface area (Å²) in [6.45, 7) is -0.216. The maximum absolute atomic E-state index is 12.0. The number of aromatic nitrogens is 2. The number of carbonyl (C=O) groups excluding carboxylic acids is 1. The van der Waals surface area contributed by atoms with Gasteiger partial charge >= 0.3 is 6.01 Å². The van der Waals surface area contributed by atoms with E-state index in [0.717, 1.165) is 0 Å². The monoisotopic (exact) mass is 389 g/mol. The Bertz CT molecular complexity index is 905. The van der Waals surface area contributed by atoms with Crippen LogP contribution in [0, 0.1) is 0 Å². The van der Waals surface area contributed by atoms with Gasteiger partial charge in [-0.15, -0.1) is 5.10 Å². The van der Waals surface area contributed by atoms with Crippen LogP contribution in [0.4, 0.5) is 6.01 Å². The number of nitrogens with one attached hydrogen (secondary N) is 1. The molecule has 0 aliphatic heterocycles. The Kier molecular flexibility index (Phi) is 5.77. The average Bonchev–Trinajstić information content (AvgIpc) is 3.15. The molecule has 0 saturated carbocycles. The van der Waals surface area contributed by atoms with Gasteiger partial charge in [0.25, 0.3) is 5.91 Å². The van der Waals surface area contributed by atoms with Crippen molar-refractivity contribution in [2.75, 3.05) is 26.1 Å². The SMILES string of the molecule is COc1cc(OC)cc(-c2nnc(NC(=O)COc3ccc(Cl)cc3)o2)c1. The Morgan fingerprint density at radius 2 is 1.70 bits per heavy atom. The number of halogens is 1. The van der Waals surface area contributed by atoms with E-state index in [9.17, 15) is 4.79 Å². The fraction of sp³-hybridized carbons (Fsp3) is 0.167. The molecule has 140 valence electrons. The summed E-state index contributed by atoms with van der Waals surface area (Å²) in [5.74, 6) is 1.43. The van der Waals surface area contributed by atoms with Crippen LogP contribution in [0.15, 0.2) is 46.9 Å². The number of rotatable bonds is 7. The van der Waals surface area contributed by atoms with Gasteiger partial charge in [-0.05, 0) is 36.4 Å². The minimum atomic E-state index is -0.441. The molecule has 0 radical (unpaired) electrons. The molecule has 0 unspecified atom stereocenters. The van der Waals surface area contributed by atoms with Crippen LogP contribution in [0.5, 0.6) is 17.2 Å². The van der Waals surface area contributed by atoms with Gasteiger partial charge in [0.05, 0.1) is 14.2 Å². The van der Waals surface area contributed by atoms with Crippen molar-refractivity contribution < 1.29 is 23.4 Å². The molecule has 0 bridgehead atoms. The first kappa shape index (κ1) is 18.5. The molecule has 9 heteroatoms. The van der Waals surface area contributed by atoms with Crippen LogP contribution < -0.4 is 19.5 Å². The van der Waals surface area contributed by atoms with Crippen molar-refractivity contribution >= 4 is 23.5 Å². The highest BCUT2D eigenvalue weighted by molar-refractivity contribution is 6.30. The van der Waals surface area contributed by atoms with E-state index in [1.54, 1.807) is 56.7 Å². The first-order valence-corrected chi connectivity index (χ1v) is 8.20. The topological polar surface area (TPSA) is 95.7 Å². The second kappa shape index (κ2) is 8.41. The Morgan fingerprint density at radius 3 is 2.33 bits per heavy atom. The van der Waals surface area contributed by atoms with Gasteiger partial charge in [-0.3, -0.25) is 10.1 Å². The molecule has 1 N–H and O–H groups in total. The Hall–Kier alpha value is -3.26. The molecule has 0 aliphatic carbocycles. The summed E-state index contributed by atoms with van der Waals surface area (Å²) in [5, 5.41) is 10.8. The molecule has 0 atom stereocenters. The first-order valence-electron chi connectivity index (χ1n) is 7.82. The molecular formula is C18H16ClN3O5. The zero-order valence-corrected chi connectivity index (χ0v) is 15.3. The lowest BCUT2D eigenvalue weighted by atomic mass is 10.2. The molecule has 1 aromatic heterocycles. The van der Waals surface area contributed by atoms with Gasteiger partial charge in [0.15, 0.2) is 6.61 Å². The highest BCUT2D eigenvalue weighted by Gasteiger charge is 2.14. The van der Waals surface area contributed by atoms with Gasteiger partial charge in [-0.2, -0.15) is 0 Å². The predicted octanol–water partition coefficient (Wildman–Crippen LogP) is 3.42. The number of ether oxygens (including phenoxy) is 3.